The van der Waals surface area contributed by atoms with E-state index < -0.39 is 105 Å². The molecule has 2 unspecified atom stereocenters. The number of cyclic esters (lactones) is 1. The summed E-state index contributed by atoms with van der Waals surface area (Å²) in [6.07, 6.45) is -6.06. The maximum atomic E-state index is 14.5. The fourth-order valence-electron chi connectivity index (χ4n) is 11.6. The number of halogens is 1. The van der Waals surface area contributed by atoms with Crippen molar-refractivity contribution in [2.24, 2.45) is 17.8 Å². The van der Waals surface area contributed by atoms with Gasteiger partial charge in [-0.25, -0.2) is 4.79 Å². The Morgan fingerprint density at radius 1 is 0.961 bits per heavy atom. The molecule has 2 aromatic rings. The lowest BCUT2D eigenvalue weighted by atomic mass is 9.77. The van der Waals surface area contributed by atoms with Crippen LogP contribution < -0.4 is 10.7 Å². The van der Waals surface area contributed by atoms with Crippen molar-refractivity contribution in [3.05, 3.63) is 45.7 Å². The average molecular weight is 1210 g/mol. The smallest absolute Gasteiger partial charge is 0.341 e. The number of likely N-dealkylation sites (N-methyl/N-ethyl adjacent to an activating group) is 2. The van der Waals surface area contributed by atoms with Crippen LogP contribution in [-0.4, -0.2) is 203 Å². The van der Waals surface area contributed by atoms with Gasteiger partial charge in [-0.15, -0.1) is 0 Å². The first kappa shape index (κ1) is 64.9. The number of hydrogen-bond acceptors (Lipinski definition) is 19. The molecule has 0 amide bonds. The highest BCUT2D eigenvalue weighted by Gasteiger charge is 2.54. The van der Waals surface area contributed by atoms with Gasteiger partial charge in [0.2, 0.25) is 5.43 Å². The number of aromatic nitrogens is 1. The highest BCUT2D eigenvalue weighted by molar-refractivity contribution is 14.1. The molecule has 22 heteroatoms. The van der Waals surface area contributed by atoms with E-state index in [0.29, 0.717) is 42.5 Å². The van der Waals surface area contributed by atoms with Crippen LogP contribution in [0.4, 0.5) is 0 Å². The third-order valence-corrected chi connectivity index (χ3v) is 17.5. The monoisotopic (exact) mass is 1200 g/mol. The second-order valence-corrected chi connectivity index (χ2v) is 23.8. The van der Waals surface area contributed by atoms with E-state index in [2.05, 4.69) is 5.32 Å². The second-order valence-electron chi connectivity index (χ2n) is 22.6. The summed E-state index contributed by atoms with van der Waals surface area (Å²) in [4.78, 5) is 56.6. The minimum Gasteiger partial charge on any atom is -0.477 e. The number of carboxylic acids is 1. The minimum absolute atomic E-state index is 0.0148. The number of ether oxygens (including phenoxy) is 9. The molecule has 5 N–H and O–H groups in total. The molecule has 0 saturated carbocycles. The highest BCUT2D eigenvalue weighted by atomic mass is 127. The number of alkyl halides is 1. The first-order chi connectivity index (χ1) is 36.0. The maximum absolute atomic E-state index is 14.5. The van der Waals surface area contributed by atoms with Crippen molar-refractivity contribution >= 4 is 51.4 Å². The Morgan fingerprint density at radius 3 is 2.27 bits per heavy atom. The number of rotatable bonds is 18. The van der Waals surface area contributed by atoms with Gasteiger partial charge in [-0.1, -0.05) is 19.9 Å². The van der Waals surface area contributed by atoms with Crippen molar-refractivity contribution in [3.8, 4) is 0 Å². The summed E-state index contributed by atoms with van der Waals surface area (Å²) >= 11 is 1.92. The van der Waals surface area contributed by atoms with Gasteiger partial charge >= 0.3 is 17.9 Å². The summed E-state index contributed by atoms with van der Waals surface area (Å²) < 4.78 is 57.2. The summed E-state index contributed by atoms with van der Waals surface area (Å²) in [7, 11) is 8.68. The molecule has 0 bridgehead atoms. The molecule has 3 saturated heterocycles. The van der Waals surface area contributed by atoms with Crippen LogP contribution >= 0.6 is 22.6 Å². The van der Waals surface area contributed by atoms with Crippen LogP contribution in [0.1, 0.15) is 111 Å². The lowest BCUT2D eigenvalue weighted by Gasteiger charge is -2.49. The molecule has 1 aromatic carbocycles. The predicted octanol–water partition coefficient (Wildman–Crippen LogP) is 4.32. The summed E-state index contributed by atoms with van der Waals surface area (Å²) in [5, 5.41) is 49.6. The maximum Gasteiger partial charge on any atom is 0.341 e. The highest BCUT2D eigenvalue weighted by Crippen LogP contribution is 2.41. The number of esters is 2. The summed E-state index contributed by atoms with van der Waals surface area (Å²) in [5.74, 6) is -4.52. The van der Waals surface area contributed by atoms with Crippen molar-refractivity contribution < 1.29 is 77.4 Å². The van der Waals surface area contributed by atoms with Crippen LogP contribution in [-0.2, 0) is 65.4 Å². The Morgan fingerprint density at radius 2 is 1.65 bits per heavy atom. The first-order valence-electron chi connectivity index (χ1n) is 26.9. The van der Waals surface area contributed by atoms with Gasteiger partial charge in [-0.3, -0.25) is 14.4 Å². The van der Waals surface area contributed by atoms with Gasteiger partial charge in [-0.05, 0) is 136 Å². The number of aryl methyl sites for hydroxylation is 1. The zero-order chi connectivity index (χ0) is 57.5. The summed E-state index contributed by atoms with van der Waals surface area (Å²) in [6.45, 7) is 20.1. The Balaban J connectivity index is 1.31. The topological polar surface area (TPSA) is 256 Å². The second kappa shape index (κ2) is 27.7. The lowest BCUT2D eigenvalue weighted by molar-refractivity contribution is -0.318. The van der Waals surface area contributed by atoms with E-state index in [-0.39, 0.29) is 68.7 Å². The molecule has 4 heterocycles. The molecule has 0 radical (unpaired) electrons. The van der Waals surface area contributed by atoms with Crippen molar-refractivity contribution in [2.75, 3.05) is 61.6 Å². The normalized spacial score (nSPS) is 37.2. The number of methoxy groups -OCH3 is 2. The number of pyridine rings is 1. The number of nitrogens with one attached hydrogen (secondary N) is 1. The molecular weight excluding hydrogens is 1120 g/mol. The zero-order valence-electron chi connectivity index (χ0n) is 47.9. The van der Waals surface area contributed by atoms with Gasteiger partial charge in [0.1, 0.15) is 29.0 Å². The molecule has 0 spiro atoms. The molecule has 77 heavy (non-hydrogen) atoms. The molecule has 3 fully saturated rings. The van der Waals surface area contributed by atoms with Crippen LogP contribution in [0.3, 0.4) is 0 Å². The molecule has 3 aliphatic heterocycles. The molecule has 21 nitrogen and oxygen atoms in total. The number of nitrogens with zero attached hydrogens (tertiary/aromatic N) is 3. The minimum atomic E-state index is -1.66. The Kier molecular flexibility index (Phi) is 23.3. The number of carbonyl (C=O) groups excluding carboxylic acids is 2. The van der Waals surface area contributed by atoms with Crippen molar-refractivity contribution in [1.29, 1.82) is 0 Å². The van der Waals surface area contributed by atoms with Crippen molar-refractivity contribution in [3.63, 3.8) is 0 Å². The number of carboxylic acid groups (broad SMARTS) is 1. The van der Waals surface area contributed by atoms with E-state index in [1.165, 1.54) is 20.4 Å². The quantitative estimate of drug-likeness (QED) is 0.0603. The number of aliphatic hydroxyl groups is 3. The van der Waals surface area contributed by atoms with E-state index in [0.717, 1.165) is 0 Å². The number of hydrogen-bond donors (Lipinski definition) is 5. The molecule has 3 aliphatic rings. The number of aliphatic hydroxyl groups excluding tert-OH is 1. The number of benzene rings is 1. The molecule has 1 aromatic heterocycles. The predicted molar refractivity (Wildman–Crippen MR) is 295 cm³/mol. The lowest BCUT2D eigenvalue weighted by Crippen LogP contribution is -2.61. The van der Waals surface area contributed by atoms with Gasteiger partial charge < -0.3 is 82.7 Å². The van der Waals surface area contributed by atoms with Crippen LogP contribution in [0.5, 0.6) is 0 Å². The molecule has 5 rings (SSSR count). The van der Waals surface area contributed by atoms with Gasteiger partial charge in [-0.2, -0.15) is 0 Å². The molecule has 18 atom stereocenters. The fraction of sp³-hybridized carbons (Fsp3) is 0.782. The molecule has 438 valence electrons. The van der Waals surface area contributed by atoms with Crippen LogP contribution in [0, 0.1) is 17.8 Å². The van der Waals surface area contributed by atoms with E-state index in [1.54, 1.807) is 51.3 Å². The number of aromatic carboxylic acids is 1. The standard InChI is InChI=1S/C55H89IN4O17/c1-16-60-28-38(49(64)65)43(62)37-24-36(17-18-39(37)60)29-71-22-21-57-20-19-41(61)74-48-35(7)73-42(26-54(48,9)70-15)75-45-32(4)46(76-51-44(63)40(58(11)12)23-31(3)72-51)53(8,67)25-30(2)27-59(13)34(6)47(69-14)55(10,68)52(56)77-50(66)33(45)5/h17-18,24,28,30-35,40,42,44-48,51-52,57,63,67-68H,16,19-23,25-27,29H2,1-15H3,(H,64,65)/t30-,31-,32+,33-,34-,35+,40+,42?,44-,45+,46-,47-,48+,51?,52+,53-,54-,55+/m1/s1. The van der Waals surface area contributed by atoms with E-state index in [1.807, 2.05) is 94.2 Å². The summed E-state index contributed by atoms with van der Waals surface area (Å²) in [5.41, 5.74) is -3.91. The first-order valence-corrected chi connectivity index (χ1v) is 28.2. The van der Waals surface area contributed by atoms with Gasteiger partial charge in [0.05, 0.1) is 61.1 Å². The number of fused-ring (bicyclic) bond motifs is 1. The average Bonchev–Trinajstić information content (AvgIpc) is 3.35. The van der Waals surface area contributed by atoms with Crippen LogP contribution in [0.25, 0.3) is 10.9 Å². The molecular formula is C55H89IN4O17. The zero-order valence-corrected chi connectivity index (χ0v) is 50.0. The third kappa shape index (κ3) is 15.7. The van der Waals surface area contributed by atoms with Gasteiger partial charge in [0.15, 0.2) is 22.8 Å². The Hall–Kier alpha value is -2.95. The SMILES string of the molecule is CCn1cc(C(=O)O)c(=O)c2cc(COCCNCCC(=O)O[C@H]3[C@H](C)OC(O[C@H]4[C@H](C)[C@@H](OC5O[C@H](C)C[C@H](N(C)C)[C@H]5O)[C@](C)(O)C[C@@H](C)CN(C)[C@H](C)[C@@H](OC)[C@](C)(O)[C@@H](I)OC(=O)[C@@H]4C)C[C@@]3(C)OC)ccc21. The van der Waals surface area contributed by atoms with Crippen LogP contribution in [0.2, 0.25) is 0 Å². The Bertz CT molecular complexity index is 2340. The van der Waals surface area contributed by atoms with Gasteiger partial charge in [0, 0.05) is 76.4 Å². The van der Waals surface area contributed by atoms with Gasteiger partial charge in [0.25, 0.3) is 0 Å². The van der Waals surface area contributed by atoms with E-state index in [9.17, 15) is 39.6 Å². The third-order valence-electron chi connectivity index (χ3n) is 15.9. The summed E-state index contributed by atoms with van der Waals surface area (Å²) in [6, 6.07) is 4.60. The molecule has 0 aliphatic carbocycles. The van der Waals surface area contributed by atoms with Crippen molar-refractivity contribution in [2.45, 2.75) is 196 Å². The number of carbonyl (C=O) groups is 3. The Labute approximate surface area is 467 Å². The van der Waals surface area contributed by atoms with Crippen molar-refractivity contribution in [1.82, 2.24) is 19.7 Å². The van der Waals surface area contributed by atoms with E-state index >= 15 is 0 Å². The van der Waals surface area contributed by atoms with Crippen LogP contribution in [0.15, 0.2) is 29.2 Å². The van der Waals surface area contributed by atoms with E-state index in [4.69, 9.17) is 42.6 Å². The largest absolute Gasteiger partial charge is 0.477 e. The fourth-order valence-corrected chi connectivity index (χ4v) is 12.2.